The molecule has 4 heteroatoms. The lowest BCUT2D eigenvalue weighted by atomic mass is 9.84. The summed E-state index contributed by atoms with van der Waals surface area (Å²) in [5.41, 5.74) is 12.0. The second-order valence-electron chi connectivity index (χ2n) is 15.8. The molecule has 0 saturated heterocycles. The van der Waals surface area contributed by atoms with Gasteiger partial charge in [0.05, 0.1) is 15.9 Å². The number of aliphatic imine (C=N–C) groups is 1. The lowest BCUT2D eigenvalue weighted by Gasteiger charge is -2.20. The quantitative estimate of drug-likeness (QED) is 0.189. The van der Waals surface area contributed by atoms with Gasteiger partial charge in [-0.2, -0.15) is 0 Å². The summed E-state index contributed by atoms with van der Waals surface area (Å²) in [5.74, 6) is 0.218. The molecule has 1 N–H and O–H groups in total. The molecule has 3 nitrogen and oxygen atoms in total. The van der Waals surface area contributed by atoms with Crippen molar-refractivity contribution >= 4 is 33.5 Å². The van der Waals surface area contributed by atoms with Crippen LogP contribution in [0.2, 0.25) is 0 Å². The number of thiazole rings is 1. The number of benzene rings is 5. The summed E-state index contributed by atoms with van der Waals surface area (Å²) >= 11 is 1.70. The van der Waals surface area contributed by atoms with Crippen LogP contribution in [-0.2, 0) is 16.2 Å². The molecule has 244 valence electrons. The maximum absolute atomic E-state index is 10.6. The fraction of sp³-hybridized carbons (Fsp3) is 0.273. The molecule has 0 radical (unpaired) electrons. The van der Waals surface area contributed by atoms with Gasteiger partial charge in [0.2, 0.25) is 0 Å². The molecule has 0 atom stereocenters. The fourth-order valence-electron chi connectivity index (χ4n) is 5.86. The van der Waals surface area contributed by atoms with E-state index in [9.17, 15) is 5.11 Å². The van der Waals surface area contributed by atoms with Crippen LogP contribution in [0.25, 0.3) is 43.0 Å². The first kappa shape index (κ1) is 33.4. The first-order chi connectivity index (χ1) is 22.6. The SMILES string of the molecule is CC(C)(C)c1ccc(-c2cccc(-c3cc(C(C)(C)C)cc4sc(-c5ccccc5N=Cc5cc(C(C)(C)C)ccc5O)nc34)c2)cc1. The lowest BCUT2D eigenvalue weighted by Crippen LogP contribution is -2.11. The van der Waals surface area contributed by atoms with E-state index in [0.29, 0.717) is 5.56 Å². The zero-order chi connectivity index (χ0) is 34.4. The van der Waals surface area contributed by atoms with E-state index in [0.717, 1.165) is 43.2 Å². The second-order valence-corrected chi connectivity index (χ2v) is 16.9. The van der Waals surface area contributed by atoms with Crippen molar-refractivity contribution in [2.45, 2.75) is 78.6 Å². The van der Waals surface area contributed by atoms with Gasteiger partial charge >= 0.3 is 0 Å². The summed E-state index contributed by atoms with van der Waals surface area (Å²) in [5, 5.41) is 11.5. The fourth-order valence-corrected chi connectivity index (χ4v) is 6.92. The van der Waals surface area contributed by atoms with Gasteiger partial charge in [0.1, 0.15) is 10.8 Å². The Morgan fingerprint density at radius 3 is 1.92 bits per heavy atom. The van der Waals surface area contributed by atoms with E-state index >= 15 is 0 Å². The largest absolute Gasteiger partial charge is 0.507 e. The maximum Gasteiger partial charge on any atom is 0.126 e. The molecule has 0 aliphatic heterocycles. The molecule has 0 amide bonds. The van der Waals surface area contributed by atoms with E-state index in [4.69, 9.17) is 9.98 Å². The molecular formula is C44H46N2OS. The number of hydrogen-bond donors (Lipinski definition) is 1. The summed E-state index contributed by atoms with van der Waals surface area (Å²) < 4.78 is 1.15. The van der Waals surface area contributed by atoms with Gasteiger partial charge in [0.15, 0.2) is 0 Å². The van der Waals surface area contributed by atoms with Crippen LogP contribution in [0.3, 0.4) is 0 Å². The van der Waals surface area contributed by atoms with E-state index < -0.39 is 0 Å². The average Bonchev–Trinajstić information content (AvgIpc) is 3.47. The number of para-hydroxylation sites is 1. The number of nitrogens with zero attached hydrogens (tertiary/aromatic N) is 2. The molecule has 0 saturated carbocycles. The topological polar surface area (TPSA) is 45.5 Å². The Labute approximate surface area is 290 Å². The van der Waals surface area contributed by atoms with Gasteiger partial charge in [-0.15, -0.1) is 11.3 Å². The summed E-state index contributed by atoms with van der Waals surface area (Å²) in [7, 11) is 0. The molecule has 0 aliphatic rings. The summed E-state index contributed by atoms with van der Waals surface area (Å²) in [6.07, 6.45) is 1.76. The summed E-state index contributed by atoms with van der Waals surface area (Å²) in [4.78, 5) is 10.2. The van der Waals surface area contributed by atoms with Crippen molar-refractivity contribution in [1.82, 2.24) is 4.98 Å². The third kappa shape index (κ3) is 7.00. The van der Waals surface area contributed by atoms with Crippen molar-refractivity contribution in [2.24, 2.45) is 4.99 Å². The van der Waals surface area contributed by atoms with Gasteiger partial charge in [0, 0.05) is 22.9 Å². The zero-order valence-electron chi connectivity index (χ0n) is 29.6. The number of hydrogen-bond acceptors (Lipinski definition) is 4. The molecule has 1 aromatic heterocycles. The number of fused-ring (bicyclic) bond motifs is 1. The number of phenols is 1. The number of aromatic hydroxyl groups is 1. The summed E-state index contributed by atoms with van der Waals surface area (Å²) in [6.45, 7) is 20.1. The van der Waals surface area contributed by atoms with Crippen molar-refractivity contribution in [3.8, 4) is 38.6 Å². The van der Waals surface area contributed by atoms with Gasteiger partial charge in [0.25, 0.3) is 0 Å². The molecule has 6 aromatic rings. The van der Waals surface area contributed by atoms with Crippen LogP contribution in [0.4, 0.5) is 5.69 Å². The molecule has 0 aliphatic carbocycles. The average molecular weight is 651 g/mol. The first-order valence-corrected chi connectivity index (χ1v) is 17.5. The molecule has 48 heavy (non-hydrogen) atoms. The number of phenolic OH excluding ortho intramolecular Hbond substituents is 1. The minimum atomic E-state index is -0.0325. The smallest absolute Gasteiger partial charge is 0.126 e. The standard InChI is InChI=1S/C44H46N2OS/c1-42(2,3)32-19-17-28(18-20-32)29-13-12-14-30(23-29)36-25-34(44(7,8)9)26-39-40(36)46-41(48-39)35-15-10-11-16-37(35)45-27-31-24-33(43(4,5)6)21-22-38(31)47/h10-27,47H,1-9H3. The highest BCUT2D eigenvalue weighted by Crippen LogP contribution is 2.42. The molecule has 0 unspecified atom stereocenters. The Balaban J connectivity index is 1.44. The Morgan fingerprint density at radius 1 is 0.583 bits per heavy atom. The van der Waals surface area contributed by atoms with E-state index in [-0.39, 0.29) is 22.0 Å². The van der Waals surface area contributed by atoms with Gasteiger partial charge in [-0.1, -0.05) is 123 Å². The minimum absolute atomic E-state index is 0.0285. The van der Waals surface area contributed by atoms with E-state index in [1.165, 1.54) is 22.3 Å². The number of aromatic nitrogens is 1. The van der Waals surface area contributed by atoms with E-state index in [1.54, 1.807) is 23.6 Å². The maximum atomic E-state index is 10.6. The van der Waals surface area contributed by atoms with Crippen molar-refractivity contribution in [1.29, 1.82) is 0 Å². The first-order valence-electron chi connectivity index (χ1n) is 16.7. The minimum Gasteiger partial charge on any atom is -0.507 e. The Bertz CT molecular complexity index is 2130. The molecule has 6 rings (SSSR count). The van der Waals surface area contributed by atoms with E-state index in [1.807, 2.05) is 30.3 Å². The van der Waals surface area contributed by atoms with Crippen molar-refractivity contribution in [2.75, 3.05) is 0 Å². The van der Waals surface area contributed by atoms with Crippen LogP contribution in [0.15, 0.2) is 108 Å². The van der Waals surface area contributed by atoms with Crippen molar-refractivity contribution < 1.29 is 5.11 Å². The molecule has 0 fully saturated rings. The van der Waals surface area contributed by atoms with Crippen LogP contribution < -0.4 is 0 Å². The Kier molecular flexibility index (Phi) is 8.68. The Hall–Kier alpha value is -4.54. The highest BCUT2D eigenvalue weighted by molar-refractivity contribution is 7.21. The summed E-state index contributed by atoms with van der Waals surface area (Å²) in [6, 6.07) is 36.3. The van der Waals surface area contributed by atoms with E-state index in [2.05, 4.69) is 129 Å². The zero-order valence-corrected chi connectivity index (χ0v) is 30.5. The van der Waals surface area contributed by atoms with Gasteiger partial charge < -0.3 is 5.11 Å². The van der Waals surface area contributed by atoms with Crippen LogP contribution in [0.5, 0.6) is 5.75 Å². The van der Waals surface area contributed by atoms with Crippen LogP contribution in [-0.4, -0.2) is 16.3 Å². The Morgan fingerprint density at radius 2 is 1.23 bits per heavy atom. The molecular weight excluding hydrogens is 605 g/mol. The second kappa shape index (κ2) is 12.5. The predicted molar refractivity (Wildman–Crippen MR) is 207 cm³/mol. The normalized spacial score (nSPS) is 12.7. The molecule has 5 aromatic carbocycles. The highest BCUT2D eigenvalue weighted by Gasteiger charge is 2.21. The molecule has 0 bridgehead atoms. The van der Waals surface area contributed by atoms with Crippen LogP contribution >= 0.6 is 11.3 Å². The van der Waals surface area contributed by atoms with Crippen LogP contribution in [0.1, 0.15) is 84.6 Å². The third-order valence-corrected chi connectivity index (χ3v) is 10.0. The highest BCUT2D eigenvalue weighted by atomic mass is 32.1. The van der Waals surface area contributed by atoms with Gasteiger partial charge in [-0.25, -0.2) is 4.98 Å². The third-order valence-electron chi connectivity index (χ3n) is 8.99. The van der Waals surface area contributed by atoms with Crippen molar-refractivity contribution in [3.63, 3.8) is 0 Å². The van der Waals surface area contributed by atoms with Crippen LogP contribution in [0, 0.1) is 0 Å². The lowest BCUT2D eigenvalue weighted by molar-refractivity contribution is 0.473. The van der Waals surface area contributed by atoms with Gasteiger partial charge in [-0.05, 0) is 92.1 Å². The predicted octanol–water partition coefficient (Wildman–Crippen LogP) is 12.6. The molecule has 1 heterocycles. The molecule has 0 spiro atoms. The van der Waals surface area contributed by atoms with Gasteiger partial charge in [-0.3, -0.25) is 4.99 Å². The number of rotatable bonds is 5. The monoisotopic (exact) mass is 650 g/mol. The van der Waals surface area contributed by atoms with Crippen molar-refractivity contribution in [3.05, 3.63) is 125 Å².